The van der Waals surface area contributed by atoms with Crippen molar-refractivity contribution in [3.8, 4) is 11.5 Å². The molecule has 7 nitrogen and oxygen atoms in total. The van der Waals surface area contributed by atoms with Crippen LogP contribution in [0.4, 0.5) is 0 Å². The molecule has 0 bridgehead atoms. The number of aryl methyl sites for hydroxylation is 2. The van der Waals surface area contributed by atoms with E-state index in [1.54, 1.807) is 0 Å². The van der Waals surface area contributed by atoms with Gasteiger partial charge in [-0.15, -0.1) is 0 Å². The lowest BCUT2D eigenvalue weighted by molar-refractivity contribution is 0.280. The van der Waals surface area contributed by atoms with Gasteiger partial charge < -0.3 is 9.88 Å². The Labute approximate surface area is 169 Å². The maximum absolute atomic E-state index is 12.3. The summed E-state index contributed by atoms with van der Waals surface area (Å²) < 4.78 is 1.96. The molecule has 1 unspecified atom stereocenters. The van der Waals surface area contributed by atoms with Crippen molar-refractivity contribution in [1.82, 2.24) is 24.8 Å². The van der Waals surface area contributed by atoms with Gasteiger partial charge in [0.15, 0.2) is 11.5 Å². The van der Waals surface area contributed by atoms with Gasteiger partial charge in [0, 0.05) is 19.1 Å². The molecule has 1 fully saturated rings. The SMILES string of the molecule is Cc1cc2nc3c(=O)[nH]c(=O)nc-3n(CCNC(C)C3CCCCC3)c2cc1C. The van der Waals surface area contributed by atoms with Crippen LogP contribution in [0.5, 0.6) is 0 Å². The Bertz CT molecular complexity index is 1110. The fraction of sp³-hybridized carbons (Fsp3) is 0.545. The Kier molecular flexibility index (Phi) is 5.50. The first-order valence-corrected chi connectivity index (χ1v) is 10.6. The normalized spacial score (nSPS) is 16.5. The van der Waals surface area contributed by atoms with Gasteiger partial charge in [0.1, 0.15) is 0 Å². The number of hydrogen-bond donors (Lipinski definition) is 2. The molecule has 2 aliphatic heterocycles. The van der Waals surface area contributed by atoms with Crippen LogP contribution in [-0.2, 0) is 6.54 Å². The van der Waals surface area contributed by atoms with Crippen LogP contribution >= 0.6 is 0 Å². The minimum atomic E-state index is -0.634. The van der Waals surface area contributed by atoms with Crippen molar-refractivity contribution in [2.24, 2.45) is 5.92 Å². The molecule has 1 atom stereocenters. The zero-order valence-electron chi connectivity index (χ0n) is 17.4. The van der Waals surface area contributed by atoms with E-state index in [1.807, 2.05) is 17.6 Å². The molecule has 4 rings (SSSR count). The zero-order chi connectivity index (χ0) is 20.5. The van der Waals surface area contributed by atoms with E-state index < -0.39 is 11.2 Å². The summed E-state index contributed by atoms with van der Waals surface area (Å²) in [6.07, 6.45) is 6.57. The summed E-state index contributed by atoms with van der Waals surface area (Å²) in [5.41, 5.74) is 2.98. The average molecular weight is 396 g/mol. The van der Waals surface area contributed by atoms with Crippen LogP contribution in [0, 0.1) is 19.8 Å². The second-order valence-corrected chi connectivity index (χ2v) is 8.37. The third-order valence-corrected chi connectivity index (χ3v) is 6.38. The highest BCUT2D eigenvalue weighted by molar-refractivity contribution is 5.81. The molecule has 1 saturated carbocycles. The Hall–Kier alpha value is -2.54. The second kappa shape index (κ2) is 8.06. The summed E-state index contributed by atoms with van der Waals surface area (Å²) in [6, 6.07) is 4.50. The standard InChI is InChI=1S/C22H29N5O2/c1-13-11-17-18(12-14(13)2)27(20-19(24-17)21(28)26-22(29)25-20)10-9-23-15(3)16-7-5-4-6-8-16/h11-12,15-16,23H,4-10H2,1-3H3,(H,26,28,29). The molecule has 7 heteroatoms. The molecule has 154 valence electrons. The van der Waals surface area contributed by atoms with Crippen molar-refractivity contribution >= 4 is 11.0 Å². The Morgan fingerprint density at radius 3 is 2.62 bits per heavy atom. The van der Waals surface area contributed by atoms with Crippen LogP contribution in [0.25, 0.3) is 22.6 Å². The molecule has 3 aliphatic rings. The van der Waals surface area contributed by atoms with Crippen molar-refractivity contribution < 1.29 is 0 Å². The molecule has 2 N–H and O–H groups in total. The van der Waals surface area contributed by atoms with E-state index in [0.29, 0.717) is 18.4 Å². The van der Waals surface area contributed by atoms with Gasteiger partial charge in [-0.1, -0.05) is 19.3 Å². The van der Waals surface area contributed by atoms with E-state index in [1.165, 1.54) is 32.1 Å². The molecule has 1 aromatic carbocycles. The number of hydrogen-bond acceptors (Lipinski definition) is 5. The number of fused-ring (bicyclic) bond motifs is 2. The van der Waals surface area contributed by atoms with E-state index in [-0.39, 0.29) is 5.69 Å². The Morgan fingerprint density at radius 2 is 1.86 bits per heavy atom. The highest BCUT2D eigenvalue weighted by atomic mass is 16.2. The van der Waals surface area contributed by atoms with E-state index >= 15 is 0 Å². The van der Waals surface area contributed by atoms with E-state index in [0.717, 1.165) is 34.6 Å². The number of nitrogens with one attached hydrogen (secondary N) is 2. The second-order valence-electron chi connectivity index (χ2n) is 8.37. The minimum absolute atomic E-state index is 0.209. The maximum atomic E-state index is 12.3. The molecule has 0 aromatic heterocycles. The summed E-state index contributed by atoms with van der Waals surface area (Å²) in [5.74, 6) is 1.07. The van der Waals surface area contributed by atoms with Crippen LogP contribution in [0.1, 0.15) is 50.2 Å². The molecule has 2 heterocycles. The fourth-order valence-corrected chi connectivity index (χ4v) is 4.48. The molecular weight excluding hydrogens is 366 g/mol. The quantitative estimate of drug-likeness (QED) is 0.648. The number of H-pyrrole nitrogens is 1. The van der Waals surface area contributed by atoms with Gasteiger partial charge in [-0.05, 0) is 62.8 Å². The molecule has 29 heavy (non-hydrogen) atoms. The largest absolute Gasteiger partial charge is 0.349 e. The molecular formula is C22H29N5O2. The topological polar surface area (TPSA) is 92.7 Å². The summed E-state index contributed by atoms with van der Waals surface area (Å²) >= 11 is 0. The lowest BCUT2D eigenvalue weighted by Crippen LogP contribution is -2.37. The Morgan fingerprint density at radius 1 is 1.14 bits per heavy atom. The number of aromatic nitrogens is 4. The fourth-order valence-electron chi connectivity index (χ4n) is 4.48. The number of rotatable bonds is 5. The van der Waals surface area contributed by atoms with Crippen molar-refractivity contribution in [3.63, 3.8) is 0 Å². The third-order valence-electron chi connectivity index (χ3n) is 6.38. The van der Waals surface area contributed by atoms with Crippen LogP contribution < -0.4 is 16.6 Å². The van der Waals surface area contributed by atoms with E-state index in [9.17, 15) is 9.59 Å². The van der Waals surface area contributed by atoms with Crippen molar-refractivity contribution in [2.75, 3.05) is 6.54 Å². The average Bonchev–Trinajstić information content (AvgIpc) is 2.70. The number of benzene rings is 1. The summed E-state index contributed by atoms with van der Waals surface area (Å²) in [6.45, 7) is 7.70. The first kappa shape index (κ1) is 19.8. The van der Waals surface area contributed by atoms with Gasteiger partial charge in [-0.3, -0.25) is 9.78 Å². The minimum Gasteiger partial charge on any atom is -0.321 e. The first-order valence-electron chi connectivity index (χ1n) is 10.6. The highest BCUT2D eigenvalue weighted by Gasteiger charge is 2.21. The molecule has 0 amide bonds. The van der Waals surface area contributed by atoms with Crippen molar-refractivity contribution in [1.29, 1.82) is 0 Å². The van der Waals surface area contributed by atoms with Crippen LogP contribution in [0.2, 0.25) is 0 Å². The lowest BCUT2D eigenvalue weighted by Gasteiger charge is -2.28. The Balaban J connectivity index is 1.69. The summed E-state index contributed by atoms with van der Waals surface area (Å²) in [7, 11) is 0. The maximum Gasteiger partial charge on any atom is 0.349 e. The molecule has 0 spiro atoms. The molecule has 1 aromatic rings. The van der Waals surface area contributed by atoms with Gasteiger partial charge in [0.25, 0.3) is 5.56 Å². The zero-order valence-corrected chi connectivity index (χ0v) is 17.4. The smallest absolute Gasteiger partial charge is 0.321 e. The van der Waals surface area contributed by atoms with Crippen LogP contribution in [0.15, 0.2) is 21.7 Å². The summed E-state index contributed by atoms with van der Waals surface area (Å²) in [4.78, 5) is 35.1. The van der Waals surface area contributed by atoms with Crippen molar-refractivity contribution in [2.45, 2.75) is 65.5 Å². The molecule has 1 aliphatic carbocycles. The van der Waals surface area contributed by atoms with Gasteiger partial charge >= 0.3 is 5.69 Å². The van der Waals surface area contributed by atoms with Crippen molar-refractivity contribution in [3.05, 3.63) is 44.1 Å². The van der Waals surface area contributed by atoms with Crippen LogP contribution in [-0.4, -0.2) is 32.1 Å². The predicted molar refractivity (Wildman–Crippen MR) is 115 cm³/mol. The van der Waals surface area contributed by atoms with Gasteiger partial charge in [-0.2, -0.15) is 4.98 Å². The van der Waals surface area contributed by atoms with E-state index in [4.69, 9.17) is 0 Å². The van der Waals surface area contributed by atoms with Crippen LogP contribution in [0.3, 0.4) is 0 Å². The highest BCUT2D eigenvalue weighted by Crippen LogP contribution is 2.27. The third kappa shape index (κ3) is 3.96. The lowest BCUT2D eigenvalue weighted by atomic mass is 9.84. The number of nitrogens with zero attached hydrogens (tertiary/aromatic N) is 3. The summed E-state index contributed by atoms with van der Waals surface area (Å²) in [5, 5.41) is 3.65. The molecule has 0 radical (unpaired) electrons. The number of aromatic amines is 1. The van der Waals surface area contributed by atoms with Gasteiger partial charge in [0.2, 0.25) is 0 Å². The van der Waals surface area contributed by atoms with Gasteiger partial charge in [0.05, 0.1) is 11.0 Å². The van der Waals surface area contributed by atoms with E-state index in [2.05, 4.69) is 40.2 Å². The monoisotopic (exact) mass is 395 g/mol. The van der Waals surface area contributed by atoms with Gasteiger partial charge in [-0.25, -0.2) is 9.78 Å². The predicted octanol–water partition coefficient (Wildman–Crippen LogP) is 2.76. The first-order chi connectivity index (χ1) is 13.9. The molecule has 0 saturated heterocycles.